The van der Waals surface area contributed by atoms with Crippen LogP contribution in [0.4, 0.5) is 0 Å². The highest BCUT2D eigenvalue weighted by Crippen LogP contribution is 2.47. The number of amides is 1. The summed E-state index contributed by atoms with van der Waals surface area (Å²) in [5.41, 5.74) is 0. The lowest BCUT2D eigenvalue weighted by atomic mass is 10.2. The van der Waals surface area contributed by atoms with Gasteiger partial charge in [-0.3, -0.25) is 4.79 Å². The third kappa shape index (κ3) is 4.50. The number of hydrogen-bond donors (Lipinski definition) is 0. The van der Waals surface area contributed by atoms with Gasteiger partial charge in [-0.05, 0) is 30.9 Å². The third-order valence-electron chi connectivity index (χ3n) is 4.76. The lowest BCUT2D eigenvalue weighted by Crippen LogP contribution is -2.25. The van der Waals surface area contributed by atoms with Gasteiger partial charge in [0.1, 0.15) is 11.5 Å². The molecule has 2 aromatic heterocycles. The van der Waals surface area contributed by atoms with Gasteiger partial charge in [-0.1, -0.05) is 25.9 Å². The Balaban J connectivity index is 1.42. The normalized spacial score (nSPS) is 19.4. The largest absolute Gasteiger partial charge is 0.464 e. The SMILES string of the molecule is CC(C)c1noc(CCCC(=O)N(C)Cc2ccc([C@@H]3C[C@@H]3C)o2)n1. The Labute approximate surface area is 148 Å². The Hall–Kier alpha value is -2.11. The summed E-state index contributed by atoms with van der Waals surface area (Å²) in [6, 6.07) is 4.03. The molecule has 1 aliphatic carbocycles. The van der Waals surface area contributed by atoms with Gasteiger partial charge in [0.25, 0.3) is 0 Å². The lowest BCUT2D eigenvalue weighted by Gasteiger charge is -2.15. The fourth-order valence-corrected chi connectivity index (χ4v) is 2.91. The van der Waals surface area contributed by atoms with Crippen molar-refractivity contribution in [3.05, 3.63) is 35.4 Å². The van der Waals surface area contributed by atoms with Gasteiger partial charge >= 0.3 is 0 Å². The first-order valence-electron chi connectivity index (χ1n) is 9.09. The number of carbonyl (C=O) groups excluding carboxylic acids is 1. The second-order valence-corrected chi connectivity index (χ2v) is 7.43. The average Bonchev–Trinajstić information content (AvgIpc) is 2.98. The van der Waals surface area contributed by atoms with E-state index in [2.05, 4.69) is 17.1 Å². The highest BCUT2D eigenvalue weighted by molar-refractivity contribution is 5.75. The molecule has 3 rings (SSSR count). The van der Waals surface area contributed by atoms with Gasteiger partial charge in [0.2, 0.25) is 11.8 Å². The Morgan fingerprint density at radius 3 is 2.80 bits per heavy atom. The molecule has 6 heteroatoms. The van der Waals surface area contributed by atoms with Crippen molar-refractivity contribution in [3.8, 4) is 0 Å². The summed E-state index contributed by atoms with van der Waals surface area (Å²) < 4.78 is 11.1. The van der Waals surface area contributed by atoms with Crippen LogP contribution >= 0.6 is 0 Å². The van der Waals surface area contributed by atoms with Crippen molar-refractivity contribution in [2.75, 3.05) is 7.05 Å². The van der Waals surface area contributed by atoms with Crippen LogP contribution in [0.2, 0.25) is 0 Å². The second kappa shape index (κ2) is 7.42. The summed E-state index contributed by atoms with van der Waals surface area (Å²) in [5, 5.41) is 3.94. The predicted molar refractivity (Wildman–Crippen MR) is 93.0 cm³/mol. The van der Waals surface area contributed by atoms with E-state index in [4.69, 9.17) is 8.94 Å². The molecule has 2 atom stereocenters. The first kappa shape index (κ1) is 17.7. The van der Waals surface area contributed by atoms with Crippen molar-refractivity contribution in [3.63, 3.8) is 0 Å². The highest BCUT2D eigenvalue weighted by Gasteiger charge is 2.36. The van der Waals surface area contributed by atoms with Crippen LogP contribution in [0.5, 0.6) is 0 Å². The Bertz CT molecular complexity index is 719. The predicted octanol–water partition coefficient (Wildman–Crippen LogP) is 3.89. The molecule has 0 spiro atoms. The number of hydrogen-bond acceptors (Lipinski definition) is 5. The van der Waals surface area contributed by atoms with E-state index in [9.17, 15) is 4.79 Å². The Kier molecular flexibility index (Phi) is 5.25. The molecule has 0 N–H and O–H groups in total. The molecule has 1 amide bonds. The summed E-state index contributed by atoms with van der Waals surface area (Å²) in [6.45, 7) is 6.79. The second-order valence-electron chi connectivity index (χ2n) is 7.43. The standard InChI is InChI=1S/C19H27N3O3/c1-12(2)19-20-17(25-21-19)6-5-7-18(23)22(4)11-14-8-9-16(24-14)15-10-13(15)3/h8-9,12-13,15H,5-7,10-11H2,1-4H3/t13-,15+/m0/s1. The number of carbonyl (C=O) groups is 1. The zero-order valence-electron chi connectivity index (χ0n) is 15.5. The molecule has 1 fully saturated rings. The molecule has 136 valence electrons. The first-order chi connectivity index (χ1) is 11.9. The molecule has 0 saturated heterocycles. The minimum atomic E-state index is 0.0985. The maximum atomic E-state index is 12.3. The van der Waals surface area contributed by atoms with E-state index in [0.717, 1.165) is 23.3 Å². The van der Waals surface area contributed by atoms with Crippen molar-refractivity contribution < 1.29 is 13.7 Å². The monoisotopic (exact) mass is 345 g/mol. The van der Waals surface area contributed by atoms with Crippen LogP contribution in [0.1, 0.15) is 75.1 Å². The van der Waals surface area contributed by atoms with E-state index >= 15 is 0 Å². The van der Waals surface area contributed by atoms with E-state index in [0.29, 0.717) is 37.6 Å². The van der Waals surface area contributed by atoms with E-state index in [1.807, 2.05) is 33.0 Å². The van der Waals surface area contributed by atoms with Crippen LogP contribution in [-0.2, 0) is 17.8 Å². The van der Waals surface area contributed by atoms with Crippen LogP contribution in [0.25, 0.3) is 0 Å². The van der Waals surface area contributed by atoms with Crippen LogP contribution in [0.3, 0.4) is 0 Å². The van der Waals surface area contributed by atoms with Crippen LogP contribution in [-0.4, -0.2) is 28.0 Å². The molecular formula is C19H27N3O3. The zero-order valence-corrected chi connectivity index (χ0v) is 15.5. The zero-order chi connectivity index (χ0) is 18.0. The fraction of sp³-hybridized carbons (Fsp3) is 0.632. The molecule has 6 nitrogen and oxygen atoms in total. The minimum absolute atomic E-state index is 0.0985. The molecule has 0 radical (unpaired) electrons. The molecule has 25 heavy (non-hydrogen) atoms. The van der Waals surface area contributed by atoms with Crippen LogP contribution in [0, 0.1) is 5.92 Å². The fourth-order valence-electron chi connectivity index (χ4n) is 2.91. The summed E-state index contributed by atoms with van der Waals surface area (Å²) in [4.78, 5) is 18.3. The summed E-state index contributed by atoms with van der Waals surface area (Å²) in [5.74, 6) is 4.87. The topological polar surface area (TPSA) is 72.4 Å². The van der Waals surface area contributed by atoms with Crippen molar-refractivity contribution in [2.45, 2.75) is 64.8 Å². The summed E-state index contributed by atoms with van der Waals surface area (Å²) in [7, 11) is 1.81. The van der Waals surface area contributed by atoms with Crippen molar-refractivity contribution in [1.29, 1.82) is 0 Å². The van der Waals surface area contributed by atoms with Gasteiger partial charge in [-0.25, -0.2) is 0 Å². The van der Waals surface area contributed by atoms with Crippen LogP contribution in [0.15, 0.2) is 21.1 Å². The van der Waals surface area contributed by atoms with E-state index in [-0.39, 0.29) is 11.8 Å². The van der Waals surface area contributed by atoms with Gasteiger partial charge in [0.05, 0.1) is 6.54 Å². The maximum Gasteiger partial charge on any atom is 0.226 e. The van der Waals surface area contributed by atoms with Crippen molar-refractivity contribution in [1.82, 2.24) is 15.0 Å². The Morgan fingerprint density at radius 1 is 1.40 bits per heavy atom. The number of nitrogens with zero attached hydrogens (tertiary/aromatic N) is 3. The molecule has 0 bridgehead atoms. The molecule has 2 heterocycles. The summed E-state index contributed by atoms with van der Waals surface area (Å²) in [6.07, 6.45) is 2.99. The number of rotatable bonds is 8. The third-order valence-corrected chi connectivity index (χ3v) is 4.76. The highest BCUT2D eigenvalue weighted by atomic mass is 16.5. The van der Waals surface area contributed by atoms with E-state index in [1.165, 1.54) is 6.42 Å². The van der Waals surface area contributed by atoms with Crippen LogP contribution < -0.4 is 0 Å². The Morgan fingerprint density at radius 2 is 2.16 bits per heavy atom. The number of aryl methyl sites for hydroxylation is 1. The molecule has 0 aromatic carbocycles. The molecular weight excluding hydrogens is 318 g/mol. The molecule has 1 saturated carbocycles. The molecule has 2 aromatic rings. The van der Waals surface area contributed by atoms with Gasteiger partial charge in [0.15, 0.2) is 5.82 Å². The van der Waals surface area contributed by atoms with E-state index in [1.54, 1.807) is 4.90 Å². The van der Waals surface area contributed by atoms with Gasteiger partial charge < -0.3 is 13.8 Å². The molecule has 0 unspecified atom stereocenters. The average molecular weight is 345 g/mol. The quantitative estimate of drug-likeness (QED) is 0.726. The van der Waals surface area contributed by atoms with Gasteiger partial charge in [0, 0.05) is 31.7 Å². The first-order valence-corrected chi connectivity index (χ1v) is 9.09. The molecule has 0 aliphatic heterocycles. The van der Waals surface area contributed by atoms with Gasteiger partial charge in [-0.15, -0.1) is 0 Å². The summed E-state index contributed by atoms with van der Waals surface area (Å²) >= 11 is 0. The minimum Gasteiger partial charge on any atom is -0.464 e. The lowest BCUT2D eigenvalue weighted by molar-refractivity contribution is -0.130. The van der Waals surface area contributed by atoms with E-state index < -0.39 is 0 Å². The van der Waals surface area contributed by atoms with Gasteiger partial charge in [-0.2, -0.15) is 4.98 Å². The maximum absolute atomic E-state index is 12.3. The smallest absolute Gasteiger partial charge is 0.226 e. The van der Waals surface area contributed by atoms with Crippen molar-refractivity contribution >= 4 is 5.91 Å². The number of aromatic nitrogens is 2. The molecule has 1 aliphatic rings. The number of furan rings is 1. The van der Waals surface area contributed by atoms with Crippen molar-refractivity contribution in [2.24, 2.45) is 5.92 Å².